The van der Waals surface area contributed by atoms with Gasteiger partial charge in [-0.1, -0.05) is 24.3 Å². The summed E-state index contributed by atoms with van der Waals surface area (Å²) in [5.74, 6) is -0.148. The van der Waals surface area contributed by atoms with Crippen LogP contribution in [0.25, 0.3) is 11.1 Å². The molecule has 0 amide bonds. The SMILES string of the molecule is COc1cccc(Cn2cc(C)c(-c3ccc(SC4CC4)cc3)c2C(=O)O)c1. The van der Waals surface area contributed by atoms with Gasteiger partial charge in [0.15, 0.2) is 0 Å². The van der Waals surface area contributed by atoms with E-state index in [-0.39, 0.29) is 0 Å². The lowest BCUT2D eigenvalue weighted by Crippen LogP contribution is -2.10. The number of benzene rings is 2. The standard InChI is InChI=1S/C23H23NO3S/c1-15-13-24(14-16-4-3-5-18(12-16)27-2)22(23(25)26)21(15)17-6-8-19(9-7-17)28-20-10-11-20/h3-9,12-13,20H,10-11,14H2,1-2H3,(H,25,26). The van der Waals surface area contributed by atoms with Crippen molar-refractivity contribution < 1.29 is 14.6 Å². The van der Waals surface area contributed by atoms with Crippen molar-refractivity contribution >= 4 is 17.7 Å². The second kappa shape index (κ2) is 7.76. The van der Waals surface area contributed by atoms with Crippen LogP contribution in [0.2, 0.25) is 0 Å². The summed E-state index contributed by atoms with van der Waals surface area (Å²) in [4.78, 5) is 13.4. The van der Waals surface area contributed by atoms with Crippen molar-refractivity contribution in [2.45, 2.75) is 36.5 Å². The number of rotatable bonds is 7. The average molecular weight is 394 g/mol. The van der Waals surface area contributed by atoms with Crippen molar-refractivity contribution in [3.63, 3.8) is 0 Å². The van der Waals surface area contributed by atoms with Gasteiger partial charge in [0, 0.05) is 28.5 Å². The number of hydrogen-bond acceptors (Lipinski definition) is 3. The van der Waals surface area contributed by atoms with Gasteiger partial charge < -0.3 is 14.4 Å². The Morgan fingerprint density at radius 2 is 1.96 bits per heavy atom. The van der Waals surface area contributed by atoms with Crippen LogP contribution in [-0.2, 0) is 6.54 Å². The van der Waals surface area contributed by atoms with E-state index in [4.69, 9.17) is 4.74 Å². The minimum Gasteiger partial charge on any atom is -0.497 e. The third-order valence-electron chi connectivity index (χ3n) is 4.93. The van der Waals surface area contributed by atoms with Gasteiger partial charge in [0.2, 0.25) is 0 Å². The van der Waals surface area contributed by atoms with E-state index < -0.39 is 5.97 Å². The minimum absolute atomic E-state index is 0.322. The number of ether oxygens (including phenoxy) is 1. The van der Waals surface area contributed by atoms with Crippen molar-refractivity contribution in [3.8, 4) is 16.9 Å². The molecule has 0 bridgehead atoms. The largest absolute Gasteiger partial charge is 0.497 e. The van der Waals surface area contributed by atoms with E-state index in [1.165, 1.54) is 17.7 Å². The molecule has 4 nitrogen and oxygen atoms in total. The van der Waals surface area contributed by atoms with Crippen LogP contribution in [0, 0.1) is 6.92 Å². The van der Waals surface area contributed by atoms with Crippen LogP contribution in [0.5, 0.6) is 5.75 Å². The van der Waals surface area contributed by atoms with Gasteiger partial charge in [-0.25, -0.2) is 4.79 Å². The second-order valence-electron chi connectivity index (χ2n) is 7.16. The van der Waals surface area contributed by atoms with Gasteiger partial charge in [-0.15, -0.1) is 11.8 Å². The monoisotopic (exact) mass is 393 g/mol. The van der Waals surface area contributed by atoms with Gasteiger partial charge in [-0.2, -0.15) is 0 Å². The summed E-state index contributed by atoms with van der Waals surface area (Å²) >= 11 is 1.91. The molecule has 1 fully saturated rings. The highest BCUT2D eigenvalue weighted by Crippen LogP contribution is 2.40. The second-order valence-corrected chi connectivity index (χ2v) is 8.54. The average Bonchev–Trinajstić information content (AvgIpc) is 3.44. The highest BCUT2D eigenvalue weighted by atomic mass is 32.2. The lowest BCUT2D eigenvalue weighted by Gasteiger charge is -2.10. The number of aromatic nitrogens is 1. The Balaban J connectivity index is 1.68. The molecule has 144 valence electrons. The summed E-state index contributed by atoms with van der Waals surface area (Å²) in [6.45, 7) is 2.45. The quantitative estimate of drug-likeness (QED) is 0.578. The predicted octanol–water partition coefficient (Wildman–Crippen LogP) is 5.47. The number of aromatic carboxylic acids is 1. The molecule has 1 aromatic heterocycles. The molecule has 3 aromatic rings. The Bertz CT molecular complexity index is 1000. The van der Waals surface area contributed by atoms with Crippen LogP contribution >= 0.6 is 11.8 Å². The molecule has 0 aliphatic heterocycles. The maximum absolute atomic E-state index is 12.1. The first kappa shape index (κ1) is 18.7. The third-order valence-corrected chi connectivity index (χ3v) is 6.28. The molecule has 0 radical (unpaired) electrons. The van der Waals surface area contributed by atoms with E-state index in [2.05, 4.69) is 12.1 Å². The van der Waals surface area contributed by atoms with E-state index in [1.807, 2.05) is 65.8 Å². The number of methoxy groups -OCH3 is 1. The Morgan fingerprint density at radius 3 is 2.61 bits per heavy atom. The molecular weight excluding hydrogens is 370 g/mol. The van der Waals surface area contributed by atoms with Gasteiger partial charge in [-0.3, -0.25) is 0 Å². The zero-order valence-corrected chi connectivity index (χ0v) is 16.8. The summed E-state index contributed by atoms with van der Waals surface area (Å²) in [5, 5.41) is 10.7. The summed E-state index contributed by atoms with van der Waals surface area (Å²) in [5.41, 5.74) is 4.02. The fourth-order valence-corrected chi connectivity index (χ4v) is 4.51. The first-order chi connectivity index (χ1) is 13.5. The molecule has 0 atom stereocenters. The third kappa shape index (κ3) is 3.94. The van der Waals surface area contributed by atoms with E-state index in [0.717, 1.165) is 33.3 Å². The van der Waals surface area contributed by atoms with Crippen LogP contribution in [0.3, 0.4) is 0 Å². The molecule has 1 N–H and O–H groups in total. The zero-order valence-electron chi connectivity index (χ0n) is 16.0. The van der Waals surface area contributed by atoms with Crippen molar-refractivity contribution in [1.82, 2.24) is 4.57 Å². The van der Waals surface area contributed by atoms with E-state index in [0.29, 0.717) is 12.2 Å². The van der Waals surface area contributed by atoms with Gasteiger partial charge in [0.05, 0.1) is 7.11 Å². The lowest BCUT2D eigenvalue weighted by atomic mass is 10.0. The Hall–Kier alpha value is -2.66. The molecule has 1 aliphatic carbocycles. The van der Waals surface area contributed by atoms with Crippen molar-refractivity contribution in [3.05, 3.63) is 71.5 Å². The summed E-state index contributed by atoms with van der Waals surface area (Å²) in [7, 11) is 1.63. The van der Waals surface area contributed by atoms with Crippen molar-refractivity contribution in [2.75, 3.05) is 7.11 Å². The number of carboxylic acid groups (broad SMARTS) is 1. The molecule has 2 aromatic carbocycles. The number of carboxylic acids is 1. The molecule has 4 rings (SSSR count). The van der Waals surface area contributed by atoms with E-state index in [9.17, 15) is 9.90 Å². The molecule has 1 aliphatic rings. The molecule has 0 spiro atoms. The number of nitrogens with zero attached hydrogens (tertiary/aromatic N) is 1. The molecule has 1 saturated carbocycles. The zero-order chi connectivity index (χ0) is 19.7. The Kier molecular flexibility index (Phi) is 5.18. The fourth-order valence-electron chi connectivity index (χ4n) is 3.46. The lowest BCUT2D eigenvalue weighted by molar-refractivity contribution is 0.0686. The van der Waals surface area contributed by atoms with Crippen LogP contribution in [-0.4, -0.2) is 28.0 Å². The van der Waals surface area contributed by atoms with Crippen LogP contribution in [0.4, 0.5) is 0 Å². The van der Waals surface area contributed by atoms with Crippen LogP contribution < -0.4 is 4.74 Å². The Morgan fingerprint density at radius 1 is 1.21 bits per heavy atom. The molecule has 5 heteroatoms. The smallest absolute Gasteiger partial charge is 0.353 e. The van der Waals surface area contributed by atoms with Crippen molar-refractivity contribution in [1.29, 1.82) is 0 Å². The molecule has 0 unspecified atom stereocenters. The Labute approximate surface area is 169 Å². The highest BCUT2D eigenvalue weighted by Gasteiger charge is 2.23. The fraction of sp³-hybridized carbons (Fsp3) is 0.261. The molecule has 1 heterocycles. The first-order valence-electron chi connectivity index (χ1n) is 9.38. The van der Waals surface area contributed by atoms with Crippen LogP contribution in [0.1, 0.15) is 34.5 Å². The highest BCUT2D eigenvalue weighted by molar-refractivity contribution is 8.00. The van der Waals surface area contributed by atoms with Crippen LogP contribution in [0.15, 0.2) is 59.6 Å². The molecular formula is C23H23NO3S. The maximum Gasteiger partial charge on any atom is 0.353 e. The van der Waals surface area contributed by atoms with Gasteiger partial charge in [0.25, 0.3) is 0 Å². The topological polar surface area (TPSA) is 51.5 Å². The number of thioether (sulfide) groups is 1. The van der Waals surface area contributed by atoms with Gasteiger partial charge >= 0.3 is 5.97 Å². The number of hydrogen-bond donors (Lipinski definition) is 1. The van der Waals surface area contributed by atoms with E-state index in [1.54, 1.807) is 7.11 Å². The number of aryl methyl sites for hydroxylation is 1. The summed E-state index contributed by atoms with van der Waals surface area (Å²) in [6.07, 6.45) is 4.51. The number of carbonyl (C=O) groups is 1. The maximum atomic E-state index is 12.1. The van der Waals surface area contributed by atoms with Crippen molar-refractivity contribution in [2.24, 2.45) is 0 Å². The molecule has 28 heavy (non-hydrogen) atoms. The summed E-state index contributed by atoms with van der Waals surface area (Å²) in [6, 6.07) is 16.0. The van der Waals surface area contributed by atoms with E-state index >= 15 is 0 Å². The van der Waals surface area contributed by atoms with Gasteiger partial charge in [-0.05, 0) is 60.7 Å². The molecule has 0 saturated heterocycles. The minimum atomic E-state index is -0.914. The van der Waals surface area contributed by atoms with Gasteiger partial charge in [0.1, 0.15) is 11.4 Å². The normalized spacial score (nSPS) is 13.5. The summed E-state index contributed by atoms with van der Waals surface area (Å²) < 4.78 is 7.10. The first-order valence-corrected chi connectivity index (χ1v) is 10.3. The predicted molar refractivity (Wildman–Crippen MR) is 113 cm³/mol.